The van der Waals surface area contributed by atoms with Gasteiger partial charge in [0.1, 0.15) is 0 Å². The van der Waals surface area contributed by atoms with E-state index in [1.807, 2.05) is 0 Å². The van der Waals surface area contributed by atoms with Crippen molar-refractivity contribution in [3.63, 3.8) is 0 Å². The fourth-order valence-electron chi connectivity index (χ4n) is 1.40. The van der Waals surface area contributed by atoms with Gasteiger partial charge in [0, 0.05) is 11.6 Å². The van der Waals surface area contributed by atoms with E-state index in [9.17, 15) is 13.2 Å². The summed E-state index contributed by atoms with van der Waals surface area (Å²) in [6, 6.07) is 3.90. The predicted octanol–water partition coefficient (Wildman–Crippen LogP) is 1.96. The van der Waals surface area contributed by atoms with Gasteiger partial charge >= 0.3 is 5.97 Å². The quantitative estimate of drug-likeness (QED) is 0.888. The van der Waals surface area contributed by atoms with Gasteiger partial charge in [-0.15, -0.1) is 0 Å². The van der Waals surface area contributed by atoms with Crippen LogP contribution in [-0.4, -0.2) is 38.5 Å². The second kappa shape index (κ2) is 5.81. The van der Waals surface area contributed by atoms with E-state index >= 15 is 0 Å². The Kier molecular flexibility index (Phi) is 4.89. The number of ether oxygens (including phenoxy) is 1. The first-order valence-corrected chi connectivity index (χ1v) is 7.40. The maximum absolute atomic E-state index is 12.2. The molecule has 100 valence electrons. The number of hydrogen-bond donors (Lipinski definition) is 1. The summed E-state index contributed by atoms with van der Waals surface area (Å²) in [5, 5.41) is 8.13. The van der Waals surface area contributed by atoms with Crippen LogP contribution in [0.5, 0.6) is 0 Å². The molecule has 1 aromatic carbocycles. The number of aromatic carboxylic acids is 1. The van der Waals surface area contributed by atoms with Crippen LogP contribution in [0.4, 0.5) is 0 Å². The van der Waals surface area contributed by atoms with Crippen molar-refractivity contribution in [3.05, 3.63) is 28.2 Å². The van der Waals surface area contributed by atoms with Crippen LogP contribution < -0.4 is 0 Å². The minimum atomic E-state index is -3.62. The summed E-state index contributed by atoms with van der Waals surface area (Å²) in [6.07, 6.45) is 0. The number of methoxy groups -OCH3 is 1. The van der Waals surface area contributed by atoms with Gasteiger partial charge in [-0.25, -0.2) is 13.2 Å². The molecule has 0 saturated carbocycles. The van der Waals surface area contributed by atoms with Gasteiger partial charge in [0.25, 0.3) is 0 Å². The molecule has 1 aromatic rings. The Labute approximate surface area is 114 Å². The van der Waals surface area contributed by atoms with E-state index in [2.05, 4.69) is 15.9 Å². The van der Waals surface area contributed by atoms with Crippen molar-refractivity contribution < 1.29 is 23.1 Å². The maximum Gasteiger partial charge on any atom is 0.335 e. The Morgan fingerprint density at radius 1 is 1.50 bits per heavy atom. The minimum absolute atomic E-state index is 0.0352. The van der Waals surface area contributed by atoms with E-state index in [4.69, 9.17) is 9.84 Å². The van der Waals surface area contributed by atoms with Gasteiger partial charge in [-0.1, -0.05) is 0 Å². The molecule has 1 N–H and O–H groups in total. The lowest BCUT2D eigenvalue weighted by atomic mass is 10.2. The van der Waals surface area contributed by atoms with Crippen molar-refractivity contribution in [2.45, 2.75) is 17.1 Å². The molecule has 7 heteroatoms. The fourth-order valence-corrected chi connectivity index (χ4v) is 3.70. The maximum atomic E-state index is 12.2. The second-order valence-electron chi connectivity index (χ2n) is 3.76. The summed E-state index contributed by atoms with van der Waals surface area (Å²) in [6.45, 7) is 1.56. The Bertz CT molecular complexity index is 553. The molecule has 18 heavy (non-hydrogen) atoms. The molecule has 0 bridgehead atoms. The third-order valence-corrected chi connectivity index (χ3v) is 5.52. The Morgan fingerprint density at radius 2 is 2.11 bits per heavy atom. The summed E-state index contributed by atoms with van der Waals surface area (Å²) in [4.78, 5) is 10.8. The molecule has 1 rings (SSSR count). The molecule has 0 aliphatic heterocycles. The largest absolute Gasteiger partial charge is 0.478 e. The number of benzene rings is 1. The summed E-state index contributed by atoms with van der Waals surface area (Å²) in [5.74, 6) is -1.17. The zero-order valence-electron chi connectivity index (χ0n) is 9.88. The molecule has 0 aliphatic carbocycles. The van der Waals surface area contributed by atoms with Crippen LogP contribution in [0.3, 0.4) is 0 Å². The Morgan fingerprint density at radius 3 is 2.61 bits per heavy atom. The molecule has 0 radical (unpaired) electrons. The first kappa shape index (κ1) is 15.1. The smallest absolute Gasteiger partial charge is 0.335 e. The van der Waals surface area contributed by atoms with Crippen LogP contribution in [0, 0.1) is 0 Å². The van der Waals surface area contributed by atoms with E-state index in [1.165, 1.54) is 26.2 Å². The standard InChI is InChI=1S/C11H13BrO5S/c1-7(6-17-2)18(15,16)10-5-8(11(13)14)3-4-9(10)12/h3-5,7H,6H2,1-2H3,(H,13,14). The summed E-state index contributed by atoms with van der Waals surface area (Å²) < 4.78 is 29.6. The number of hydrogen-bond acceptors (Lipinski definition) is 4. The number of carbonyl (C=O) groups is 1. The highest BCUT2D eigenvalue weighted by molar-refractivity contribution is 9.10. The fraction of sp³-hybridized carbons (Fsp3) is 0.364. The Balaban J connectivity index is 3.31. The molecular weight excluding hydrogens is 324 g/mol. The molecule has 1 atom stereocenters. The summed E-state index contributed by atoms with van der Waals surface area (Å²) in [5.41, 5.74) is -0.0682. The molecule has 0 aliphatic rings. The van der Waals surface area contributed by atoms with Gasteiger partial charge in [-0.05, 0) is 41.1 Å². The number of halogens is 1. The van der Waals surface area contributed by atoms with E-state index in [0.717, 1.165) is 6.07 Å². The number of carboxylic acids is 1. The average Bonchev–Trinajstić information content (AvgIpc) is 2.29. The van der Waals surface area contributed by atoms with Crippen LogP contribution in [-0.2, 0) is 14.6 Å². The van der Waals surface area contributed by atoms with Gasteiger partial charge < -0.3 is 9.84 Å². The lowest BCUT2D eigenvalue weighted by molar-refractivity contribution is 0.0696. The molecule has 0 spiro atoms. The molecular formula is C11H13BrO5S. The normalized spacial score (nSPS) is 13.3. The first-order valence-electron chi connectivity index (χ1n) is 5.06. The highest BCUT2D eigenvalue weighted by atomic mass is 79.9. The van der Waals surface area contributed by atoms with Crippen LogP contribution in [0.25, 0.3) is 0 Å². The van der Waals surface area contributed by atoms with E-state index in [1.54, 1.807) is 0 Å². The van der Waals surface area contributed by atoms with Gasteiger partial charge in [0.05, 0.1) is 22.3 Å². The van der Waals surface area contributed by atoms with Crippen molar-refractivity contribution in [1.29, 1.82) is 0 Å². The van der Waals surface area contributed by atoms with Gasteiger partial charge in [0.2, 0.25) is 0 Å². The molecule has 0 fully saturated rings. The number of carboxylic acid groups (broad SMARTS) is 1. The lowest BCUT2D eigenvalue weighted by Crippen LogP contribution is -2.23. The number of rotatable bonds is 5. The van der Waals surface area contributed by atoms with Crippen LogP contribution >= 0.6 is 15.9 Å². The van der Waals surface area contributed by atoms with Crippen LogP contribution in [0.1, 0.15) is 17.3 Å². The number of sulfone groups is 1. The molecule has 0 amide bonds. The third kappa shape index (κ3) is 3.09. The minimum Gasteiger partial charge on any atom is -0.478 e. The van der Waals surface area contributed by atoms with Crippen LogP contribution in [0.15, 0.2) is 27.6 Å². The molecule has 5 nitrogen and oxygen atoms in total. The summed E-state index contributed by atoms with van der Waals surface area (Å²) >= 11 is 3.12. The topological polar surface area (TPSA) is 80.7 Å². The van der Waals surface area contributed by atoms with Gasteiger partial charge in [-0.2, -0.15) is 0 Å². The van der Waals surface area contributed by atoms with E-state index in [-0.39, 0.29) is 17.1 Å². The van der Waals surface area contributed by atoms with Gasteiger partial charge in [-0.3, -0.25) is 0 Å². The molecule has 0 aromatic heterocycles. The lowest BCUT2D eigenvalue weighted by Gasteiger charge is -2.13. The highest BCUT2D eigenvalue weighted by Gasteiger charge is 2.26. The van der Waals surface area contributed by atoms with Crippen molar-refractivity contribution in [1.82, 2.24) is 0 Å². The van der Waals surface area contributed by atoms with Crippen molar-refractivity contribution in [2.75, 3.05) is 13.7 Å². The zero-order chi connectivity index (χ0) is 13.9. The molecule has 0 heterocycles. The Hall–Kier alpha value is -0.920. The van der Waals surface area contributed by atoms with Gasteiger partial charge in [0.15, 0.2) is 9.84 Å². The SMILES string of the molecule is COCC(C)S(=O)(=O)c1cc(C(=O)O)ccc1Br. The monoisotopic (exact) mass is 336 g/mol. The first-order chi connectivity index (χ1) is 8.30. The molecule has 1 unspecified atom stereocenters. The molecule has 0 saturated heterocycles. The third-order valence-electron chi connectivity index (χ3n) is 2.42. The van der Waals surface area contributed by atoms with Crippen molar-refractivity contribution in [3.8, 4) is 0 Å². The second-order valence-corrected chi connectivity index (χ2v) is 6.95. The van der Waals surface area contributed by atoms with E-state index < -0.39 is 21.1 Å². The van der Waals surface area contributed by atoms with Crippen molar-refractivity contribution >= 4 is 31.7 Å². The van der Waals surface area contributed by atoms with Crippen molar-refractivity contribution in [2.24, 2.45) is 0 Å². The summed E-state index contributed by atoms with van der Waals surface area (Å²) in [7, 11) is -2.21. The average molecular weight is 337 g/mol. The zero-order valence-corrected chi connectivity index (χ0v) is 12.3. The van der Waals surface area contributed by atoms with Crippen LogP contribution in [0.2, 0.25) is 0 Å². The predicted molar refractivity (Wildman–Crippen MR) is 69.6 cm³/mol. The highest BCUT2D eigenvalue weighted by Crippen LogP contribution is 2.26. The van der Waals surface area contributed by atoms with E-state index in [0.29, 0.717) is 4.47 Å².